The highest BCUT2D eigenvalue weighted by atomic mass is 16.7. The fourth-order valence-electron chi connectivity index (χ4n) is 3.17. The summed E-state index contributed by atoms with van der Waals surface area (Å²) in [6.45, 7) is 2.26. The van der Waals surface area contributed by atoms with Crippen molar-refractivity contribution >= 4 is 17.8 Å². The van der Waals surface area contributed by atoms with Crippen molar-refractivity contribution in [2.24, 2.45) is 0 Å². The van der Waals surface area contributed by atoms with Crippen LogP contribution in [-0.2, 0) is 19.2 Å². The number of unbranched alkanes of at least 4 members (excludes halogenated alkanes) is 11. The fraction of sp³-hybridized carbons (Fsp3) is 0.773. The molecule has 0 aromatic rings. The number of carbonyl (C=O) groups excluding carboxylic acids is 3. The topological polar surface area (TPSA) is 63.7 Å². The van der Waals surface area contributed by atoms with E-state index in [0.717, 1.165) is 6.42 Å². The Morgan fingerprint density at radius 1 is 0.815 bits per heavy atom. The summed E-state index contributed by atoms with van der Waals surface area (Å²) < 4.78 is 0. The van der Waals surface area contributed by atoms with E-state index < -0.39 is 17.8 Å². The van der Waals surface area contributed by atoms with E-state index in [4.69, 9.17) is 4.84 Å². The van der Waals surface area contributed by atoms with Crippen LogP contribution in [0.1, 0.15) is 110 Å². The molecule has 1 rings (SSSR count). The van der Waals surface area contributed by atoms with E-state index in [2.05, 4.69) is 13.0 Å². The molecule has 1 saturated heterocycles. The number of hydroxylamine groups is 2. The summed E-state index contributed by atoms with van der Waals surface area (Å²) >= 11 is 0. The molecule has 0 unspecified atom stereocenters. The Balaban J connectivity index is 1.87. The summed E-state index contributed by atoms with van der Waals surface area (Å²) in [5, 5.41) is 0.608. The largest absolute Gasteiger partial charge is 0.333 e. The van der Waals surface area contributed by atoms with Crippen LogP contribution in [0.4, 0.5) is 0 Å². The van der Waals surface area contributed by atoms with E-state index in [1.807, 2.05) is 6.08 Å². The van der Waals surface area contributed by atoms with Gasteiger partial charge in [0.05, 0.1) is 6.42 Å². The summed E-state index contributed by atoms with van der Waals surface area (Å²) in [6, 6.07) is 0. The van der Waals surface area contributed by atoms with Crippen LogP contribution in [0.3, 0.4) is 0 Å². The van der Waals surface area contributed by atoms with Gasteiger partial charge in [0, 0.05) is 12.8 Å². The van der Waals surface area contributed by atoms with Gasteiger partial charge in [-0.3, -0.25) is 9.59 Å². The molecular weight excluding hydrogens is 342 g/mol. The minimum Gasteiger partial charge on any atom is -0.330 e. The predicted octanol–water partition coefficient (Wildman–Crippen LogP) is 5.63. The van der Waals surface area contributed by atoms with Crippen LogP contribution in [0.5, 0.6) is 0 Å². The summed E-state index contributed by atoms with van der Waals surface area (Å²) in [5.41, 5.74) is 0. The number of nitrogens with zero attached hydrogens (tertiary/aromatic N) is 1. The smallest absolute Gasteiger partial charge is 0.330 e. The number of allylic oxidation sites excluding steroid dienone is 2. The molecule has 0 saturated carbocycles. The molecule has 5 nitrogen and oxygen atoms in total. The minimum atomic E-state index is -0.530. The SMILES string of the molecule is CCCCCCCCCCCCC/C=C\CCC(=O)ON1C(=O)CCC1=O. The van der Waals surface area contributed by atoms with E-state index in [1.54, 1.807) is 0 Å². The van der Waals surface area contributed by atoms with E-state index in [0.29, 0.717) is 11.5 Å². The van der Waals surface area contributed by atoms with Crippen LogP contribution >= 0.6 is 0 Å². The molecule has 0 bridgehead atoms. The summed E-state index contributed by atoms with van der Waals surface area (Å²) in [5.74, 6) is -1.39. The summed E-state index contributed by atoms with van der Waals surface area (Å²) in [6.07, 6.45) is 20.9. The lowest BCUT2D eigenvalue weighted by molar-refractivity contribution is -0.197. The molecule has 1 aliphatic heterocycles. The molecule has 0 spiro atoms. The Bertz CT molecular complexity index is 457. The van der Waals surface area contributed by atoms with Gasteiger partial charge in [-0.15, -0.1) is 5.06 Å². The molecule has 1 heterocycles. The second-order valence-corrected chi connectivity index (χ2v) is 7.38. The Morgan fingerprint density at radius 3 is 1.85 bits per heavy atom. The number of rotatable bonds is 16. The lowest BCUT2D eigenvalue weighted by Gasteiger charge is -2.11. The Hall–Kier alpha value is -1.65. The lowest BCUT2D eigenvalue weighted by Crippen LogP contribution is -2.31. The first-order chi connectivity index (χ1) is 13.1. The second kappa shape index (κ2) is 15.4. The van der Waals surface area contributed by atoms with Crippen LogP contribution in [0.2, 0.25) is 0 Å². The van der Waals surface area contributed by atoms with Crippen molar-refractivity contribution in [3.8, 4) is 0 Å². The number of carbonyl (C=O) groups is 3. The van der Waals surface area contributed by atoms with E-state index in [1.165, 1.54) is 70.6 Å². The molecule has 0 aromatic carbocycles. The van der Waals surface area contributed by atoms with Crippen LogP contribution < -0.4 is 0 Å². The van der Waals surface area contributed by atoms with Crippen LogP contribution in [-0.4, -0.2) is 22.8 Å². The third-order valence-electron chi connectivity index (χ3n) is 4.86. The third kappa shape index (κ3) is 11.6. The third-order valence-corrected chi connectivity index (χ3v) is 4.86. The van der Waals surface area contributed by atoms with Gasteiger partial charge in [0.1, 0.15) is 0 Å². The average molecular weight is 380 g/mol. The van der Waals surface area contributed by atoms with Crippen molar-refractivity contribution in [3.05, 3.63) is 12.2 Å². The van der Waals surface area contributed by atoms with Crippen molar-refractivity contribution in [2.75, 3.05) is 0 Å². The molecule has 0 aromatic heterocycles. The van der Waals surface area contributed by atoms with Crippen LogP contribution in [0.15, 0.2) is 12.2 Å². The zero-order valence-corrected chi connectivity index (χ0v) is 17.0. The van der Waals surface area contributed by atoms with Crippen LogP contribution in [0, 0.1) is 0 Å². The Morgan fingerprint density at radius 2 is 1.30 bits per heavy atom. The standard InChI is InChI=1S/C22H37NO4/c1-2-3-4-5-6-7-8-9-10-11-12-13-14-15-16-17-22(26)27-23-20(24)18-19-21(23)25/h14-15H,2-13,16-19H2,1H3/b15-14-. The number of hydrogen-bond donors (Lipinski definition) is 0. The van der Waals surface area contributed by atoms with E-state index in [-0.39, 0.29) is 19.3 Å². The van der Waals surface area contributed by atoms with E-state index in [9.17, 15) is 14.4 Å². The zero-order valence-electron chi connectivity index (χ0n) is 17.0. The molecule has 1 aliphatic rings. The molecule has 0 atom stereocenters. The minimum absolute atomic E-state index is 0.130. The highest BCUT2D eigenvalue weighted by Crippen LogP contribution is 2.14. The maximum absolute atomic E-state index is 11.6. The van der Waals surface area contributed by atoms with Crippen molar-refractivity contribution in [1.29, 1.82) is 0 Å². The second-order valence-electron chi connectivity index (χ2n) is 7.38. The highest BCUT2D eigenvalue weighted by Gasteiger charge is 2.32. The predicted molar refractivity (Wildman–Crippen MR) is 107 cm³/mol. The molecule has 5 heteroatoms. The van der Waals surface area contributed by atoms with Crippen molar-refractivity contribution in [1.82, 2.24) is 5.06 Å². The Labute approximate surface area is 164 Å². The highest BCUT2D eigenvalue weighted by molar-refractivity contribution is 6.01. The number of amides is 2. The zero-order chi connectivity index (χ0) is 19.7. The van der Waals surface area contributed by atoms with Gasteiger partial charge in [-0.2, -0.15) is 0 Å². The van der Waals surface area contributed by atoms with Crippen LogP contribution in [0.25, 0.3) is 0 Å². The molecule has 1 fully saturated rings. The summed E-state index contributed by atoms with van der Waals surface area (Å²) in [7, 11) is 0. The Kier molecular flexibility index (Phi) is 13.4. The van der Waals surface area contributed by atoms with Crippen molar-refractivity contribution in [2.45, 2.75) is 110 Å². The average Bonchev–Trinajstić information content (AvgIpc) is 2.97. The normalized spacial score (nSPS) is 14.5. The van der Waals surface area contributed by atoms with Gasteiger partial charge in [0.15, 0.2) is 0 Å². The maximum Gasteiger partial charge on any atom is 0.333 e. The van der Waals surface area contributed by atoms with Gasteiger partial charge in [-0.1, -0.05) is 83.3 Å². The fourth-order valence-corrected chi connectivity index (χ4v) is 3.17. The van der Waals surface area contributed by atoms with Gasteiger partial charge in [0.2, 0.25) is 0 Å². The van der Waals surface area contributed by atoms with E-state index >= 15 is 0 Å². The molecule has 0 aliphatic carbocycles. The van der Waals surface area contributed by atoms with Crippen molar-refractivity contribution in [3.63, 3.8) is 0 Å². The molecule has 2 amide bonds. The van der Waals surface area contributed by atoms with Gasteiger partial charge < -0.3 is 4.84 Å². The molecule has 0 radical (unpaired) electrons. The van der Waals surface area contributed by atoms with Gasteiger partial charge in [-0.05, 0) is 19.3 Å². The maximum atomic E-state index is 11.6. The number of hydrogen-bond acceptors (Lipinski definition) is 4. The first kappa shape index (κ1) is 23.4. The first-order valence-electron chi connectivity index (χ1n) is 10.9. The van der Waals surface area contributed by atoms with Gasteiger partial charge >= 0.3 is 5.97 Å². The first-order valence-corrected chi connectivity index (χ1v) is 10.9. The molecule has 27 heavy (non-hydrogen) atoms. The quantitative estimate of drug-likeness (QED) is 0.198. The monoisotopic (exact) mass is 379 g/mol. The number of imide groups is 1. The molecule has 0 N–H and O–H groups in total. The van der Waals surface area contributed by atoms with Gasteiger partial charge in [-0.25, -0.2) is 4.79 Å². The van der Waals surface area contributed by atoms with Crippen molar-refractivity contribution < 1.29 is 19.2 Å². The molecular formula is C22H37NO4. The lowest BCUT2D eigenvalue weighted by atomic mass is 10.1. The van der Waals surface area contributed by atoms with Gasteiger partial charge in [0.25, 0.3) is 11.8 Å². The summed E-state index contributed by atoms with van der Waals surface area (Å²) in [4.78, 5) is 39.1. The molecule has 154 valence electrons.